The number of aliphatic hydroxyl groups is 2. The lowest BCUT2D eigenvalue weighted by atomic mass is 10.1. The third-order valence-electron chi connectivity index (χ3n) is 1.82. The van der Waals surface area contributed by atoms with Crippen LogP contribution in [0, 0.1) is 0 Å². The van der Waals surface area contributed by atoms with Gasteiger partial charge in [0.2, 0.25) is 0 Å². The number of aliphatic hydroxyl groups excluding tert-OH is 2. The first-order chi connectivity index (χ1) is 5.81. The molecule has 12 heavy (non-hydrogen) atoms. The molecule has 0 bridgehead atoms. The number of rotatable bonds is 7. The molecular weight excluding hydrogens is 152 g/mol. The van der Waals surface area contributed by atoms with Crippen molar-refractivity contribution in [2.45, 2.75) is 45.1 Å². The van der Waals surface area contributed by atoms with E-state index in [-0.39, 0.29) is 12.7 Å². The van der Waals surface area contributed by atoms with Crippen molar-refractivity contribution in [2.75, 3.05) is 6.61 Å². The van der Waals surface area contributed by atoms with E-state index in [2.05, 4.69) is 6.92 Å². The molecule has 0 aliphatic rings. The van der Waals surface area contributed by atoms with Crippen LogP contribution in [0.1, 0.15) is 39.0 Å². The van der Waals surface area contributed by atoms with E-state index in [0.29, 0.717) is 0 Å². The van der Waals surface area contributed by atoms with Crippen LogP contribution in [0.5, 0.6) is 0 Å². The third-order valence-corrected chi connectivity index (χ3v) is 1.82. The second kappa shape index (κ2) is 8.75. The summed E-state index contributed by atoms with van der Waals surface area (Å²) in [5, 5.41) is 17.7. The maximum absolute atomic E-state index is 9.28. The van der Waals surface area contributed by atoms with E-state index in [4.69, 9.17) is 5.11 Å². The molecule has 0 aromatic carbocycles. The largest absolute Gasteiger partial charge is 0.392 e. The molecule has 0 saturated carbocycles. The van der Waals surface area contributed by atoms with Gasteiger partial charge in [0.05, 0.1) is 12.7 Å². The van der Waals surface area contributed by atoms with Gasteiger partial charge in [-0.15, -0.1) is 0 Å². The molecule has 0 unspecified atom stereocenters. The Hall–Kier alpha value is -0.340. The molecule has 0 amide bonds. The summed E-state index contributed by atoms with van der Waals surface area (Å²) < 4.78 is 0. The highest BCUT2D eigenvalue weighted by Crippen LogP contribution is 2.05. The van der Waals surface area contributed by atoms with Gasteiger partial charge in [-0.1, -0.05) is 44.8 Å². The summed E-state index contributed by atoms with van der Waals surface area (Å²) >= 11 is 0. The predicted octanol–water partition coefficient (Wildman–Crippen LogP) is 1.87. The summed E-state index contributed by atoms with van der Waals surface area (Å²) in [7, 11) is 0. The Morgan fingerprint density at radius 1 is 1.25 bits per heavy atom. The van der Waals surface area contributed by atoms with Crippen molar-refractivity contribution >= 4 is 0 Å². The molecule has 2 N–H and O–H groups in total. The summed E-state index contributed by atoms with van der Waals surface area (Å²) in [4.78, 5) is 0. The van der Waals surface area contributed by atoms with Crippen LogP contribution in [0.25, 0.3) is 0 Å². The fourth-order valence-electron chi connectivity index (χ4n) is 1.09. The van der Waals surface area contributed by atoms with Crippen LogP contribution in [0.3, 0.4) is 0 Å². The Bertz CT molecular complexity index is 110. The van der Waals surface area contributed by atoms with Crippen LogP contribution in [0.4, 0.5) is 0 Å². The monoisotopic (exact) mass is 172 g/mol. The van der Waals surface area contributed by atoms with Gasteiger partial charge >= 0.3 is 0 Å². The summed E-state index contributed by atoms with van der Waals surface area (Å²) in [6, 6.07) is 0. The molecule has 0 aromatic rings. The van der Waals surface area contributed by atoms with Crippen molar-refractivity contribution in [3.05, 3.63) is 12.2 Å². The van der Waals surface area contributed by atoms with Gasteiger partial charge in [0.15, 0.2) is 0 Å². The van der Waals surface area contributed by atoms with Gasteiger partial charge in [0.1, 0.15) is 0 Å². The van der Waals surface area contributed by atoms with E-state index in [1.807, 2.05) is 0 Å². The third kappa shape index (κ3) is 7.76. The quantitative estimate of drug-likeness (QED) is 0.454. The number of hydrogen-bond donors (Lipinski definition) is 2. The molecule has 0 aliphatic carbocycles. The van der Waals surface area contributed by atoms with Crippen LogP contribution < -0.4 is 0 Å². The van der Waals surface area contributed by atoms with E-state index in [0.717, 1.165) is 12.8 Å². The van der Waals surface area contributed by atoms with Crippen LogP contribution in [0.15, 0.2) is 12.2 Å². The molecule has 0 aliphatic heterocycles. The summed E-state index contributed by atoms with van der Waals surface area (Å²) in [6.07, 6.45) is 8.44. The molecule has 0 rings (SSSR count). The average molecular weight is 172 g/mol. The maximum atomic E-state index is 9.28. The molecule has 0 radical (unpaired) electrons. The first kappa shape index (κ1) is 11.7. The van der Waals surface area contributed by atoms with Crippen LogP contribution >= 0.6 is 0 Å². The standard InChI is InChI=1S/C10H20O2/c1-2-3-4-5-7-10(12)8-6-9-11/h6,8,10-12H,2-5,7,9H2,1H3/b8-6-/t10-/m1/s1. The second-order valence-electron chi connectivity index (χ2n) is 3.03. The highest BCUT2D eigenvalue weighted by Gasteiger charge is 1.97. The Morgan fingerprint density at radius 3 is 2.58 bits per heavy atom. The lowest BCUT2D eigenvalue weighted by Gasteiger charge is -2.03. The minimum absolute atomic E-state index is 0.0199. The molecular formula is C10H20O2. The van der Waals surface area contributed by atoms with Crippen molar-refractivity contribution in [2.24, 2.45) is 0 Å². The lowest BCUT2D eigenvalue weighted by molar-refractivity contribution is 0.206. The maximum Gasteiger partial charge on any atom is 0.0721 e. The van der Waals surface area contributed by atoms with Crippen LogP contribution in [0.2, 0.25) is 0 Å². The Kier molecular flexibility index (Phi) is 8.51. The summed E-state index contributed by atoms with van der Waals surface area (Å²) in [6.45, 7) is 2.19. The van der Waals surface area contributed by atoms with Gasteiger partial charge in [-0.3, -0.25) is 0 Å². The fourth-order valence-corrected chi connectivity index (χ4v) is 1.09. The van der Waals surface area contributed by atoms with Crippen molar-refractivity contribution in [3.8, 4) is 0 Å². The smallest absolute Gasteiger partial charge is 0.0721 e. The zero-order chi connectivity index (χ0) is 9.23. The first-order valence-corrected chi connectivity index (χ1v) is 4.76. The Morgan fingerprint density at radius 2 is 2.00 bits per heavy atom. The molecule has 0 heterocycles. The van der Waals surface area contributed by atoms with Crippen molar-refractivity contribution in [1.29, 1.82) is 0 Å². The number of unbranched alkanes of at least 4 members (excludes halogenated alkanes) is 3. The molecule has 2 nitrogen and oxygen atoms in total. The van der Waals surface area contributed by atoms with Gasteiger partial charge in [-0.05, 0) is 6.42 Å². The molecule has 0 spiro atoms. The van der Waals surface area contributed by atoms with Gasteiger partial charge in [0.25, 0.3) is 0 Å². The normalized spacial score (nSPS) is 13.9. The summed E-state index contributed by atoms with van der Waals surface area (Å²) in [5.41, 5.74) is 0. The second-order valence-corrected chi connectivity index (χ2v) is 3.03. The topological polar surface area (TPSA) is 40.5 Å². The zero-order valence-corrected chi connectivity index (χ0v) is 7.87. The lowest BCUT2D eigenvalue weighted by Crippen LogP contribution is -2.01. The van der Waals surface area contributed by atoms with Crippen molar-refractivity contribution in [1.82, 2.24) is 0 Å². The molecule has 2 heteroatoms. The van der Waals surface area contributed by atoms with E-state index in [1.54, 1.807) is 12.2 Å². The predicted molar refractivity (Wildman–Crippen MR) is 51.0 cm³/mol. The minimum Gasteiger partial charge on any atom is -0.392 e. The minimum atomic E-state index is -0.367. The van der Waals surface area contributed by atoms with E-state index in [9.17, 15) is 5.11 Å². The Balaban J connectivity index is 3.19. The number of hydrogen-bond acceptors (Lipinski definition) is 2. The summed E-state index contributed by atoms with van der Waals surface area (Å²) in [5.74, 6) is 0. The fraction of sp³-hybridized carbons (Fsp3) is 0.800. The highest BCUT2D eigenvalue weighted by atomic mass is 16.3. The van der Waals surface area contributed by atoms with E-state index < -0.39 is 0 Å². The average Bonchev–Trinajstić information content (AvgIpc) is 2.09. The van der Waals surface area contributed by atoms with E-state index in [1.165, 1.54) is 19.3 Å². The molecule has 1 atom stereocenters. The molecule has 0 fully saturated rings. The van der Waals surface area contributed by atoms with Gasteiger partial charge < -0.3 is 10.2 Å². The van der Waals surface area contributed by atoms with Gasteiger partial charge in [-0.25, -0.2) is 0 Å². The Labute approximate surface area is 74.9 Å². The first-order valence-electron chi connectivity index (χ1n) is 4.76. The van der Waals surface area contributed by atoms with Gasteiger partial charge in [-0.2, -0.15) is 0 Å². The van der Waals surface area contributed by atoms with Gasteiger partial charge in [0, 0.05) is 0 Å². The van der Waals surface area contributed by atoms with E-state index >= 15 is 0 Å². The zero-order valence-electron chi connectivity index (χ0n) is 7.87. The molecule has 72 valence electrons. The SMILES string of the molecule is CCCCCC[C@@H](O)/C=C\CO. The van der Waals surface area contributed by atoms with Crippen molar-refractivity contribution in [3.63, 3.8) is 0 Å². The molecule has 0 saturated heterocycles. The highest BCUT2D eigenvalue weighted by molar-refractivity contribution is 4.87. The molecule has 0 aromatic heterocycles. The van der Waals surface area contributed by atoms with Crippen molar-refractivity contribution < 1.29 is 10.2 Å². The van der Waals surface area contributed by atoms with Crippen LogP contribution in [-0.2, 0) is 0 Å². The van der Waals surface area contributed by atoms with Crippen LogP contribution in [-0.4, -0.2) is 22.9 Å².